The first-order valence-corrected chi connectivity index (χ1v) is 8.72. The van der Waals surface area contributed by atoms with E-state index < -0.39 is 0 Å². The summed E-state index contributed by atoms with van der Waals surface area (Å²) in [6, 6.07) is 9.11. The quantitative estimate of drug-likeness (QED) is 0.882. The predicted octanol–water partition coefficient (Wildman–Crippen LogP) is 4.46. The SMILES string of the molecule is CCNC1CC(Oc2ccccc2C)C12CCCCCC2. The van der Waals surface area contributed by atoms with Crippen molar-refractivity contribution in [3.05, 3.63) is 29.8 Å². The molecule has 0 aliphatic heterocycles. The van der Waals surface area contributed by atoms with Gasteiger partial charge in [-0.05, 0) is 37.9 Å². The molecule has 21 heavy (non-hydrogen) atoms. The zero-order chi connectivity index (χ0) is 14.7. The molecule has 116 valence electrons. The lowest BCUT2D eigenvalue weighted by molar-refractivity contribution is -0.0902. The number of ether oxygens (including phenoxy) is 1. The van der Waals surface area contributed by atoms with E-state index in [0.29, 0.717) is 17.6 Å². The van der Waals surface area contributed by atoms with Crippen LogP contribution in [0.1, 0.15) is 57.4 Å². The highest BCUT2D eigenvalue weighted by Crippen LogP contribution is 2.52. The highest BCUT2D eigenvalue weighted by Gasteiger charge is 2.55. The van der Waals surface area contributed by atoms with E-state index in [-0.39, 0.29) is 0 Å². The van der Waals surface area contributed by atoms with Gasteiger partial charge in [0.15, 0.2) is 0 Å². The molecule has 2 nitrogen and oxygen atoms in total. The van der Waals surface area contributed by atoms with Crippen molar-refractivity contribution >= 4 is 0 Å². The lowest BCUT2D eigenvalue weighted by Gasteiger charge is -2.56. The maximum Gasteiger partial charge on any atom is 0.122 e. The number of aryl methyl sites for hydroxylation is 1. The van der Waals surface area contributed by atoms with Gasteiger partial charge in [0.1, 0.15) is 11.9 Å². The third-order valence-corrected chi connectivity index (χ3v) is 5.63. The van der Waals surface area contributed by atoms with Crippen LogP contribution in [0.5, 0.6) is 5.75 Å². The van der Waals surface area contributed by atoms with Gasteiger partial charge in [-0.1, -0.05) is 50.8 Å². The molecule has 0 bridgehead atoms. The summed E-state index contributed by atoms with van der Waals surface area (Å²) in [5.74, 6) is 1.08. The molecule has 2 fully saturated rings. The van der Waals surface area contributed by atoms with E-state index in [9.17, 15) is 0 Å². The third-order valence-electron chi connectivity index (χ3n) is 5.63. The van der Waals surface area contributed by atoms with Gasteiger partial charge in [0.05, 0.1) is 0 Å². The van der Waals surface area contributed by atoms with Crippen LogP contribution in [0, 0.1) is 12.3 Å². The van der Waals surface area contributed by atoms with Crippen molar-refractivity contribution < 1.29 is 4.74 Å². The Labute approximate surface area is 129 Å². The normalized spacial score (nSPS) is 27.9. The van der Waals surface area contributed by atoms with Crippen molar-refractivity contribution in [3.8, 4) is 5.75 Å². The molecule has 1 aromatic rings. The van der Waals surface area contributed by atoms with Crippen molar-refractivity contribution in [1.82, 2.24) is 5.32 Å². The van der Waals surface area contributed by atoms with Crippen LogP contribution in [0.3, 0.4) is 0 Å². The Balaban J connectivity index is 1.76. The molecular weight excluding hydrogens is 258 g/mol. The summed E-state index contributed by atoms with van der Waals surface area (Å²) in [7, 11) is 0. The molecule has 1 spiro atoms. The standard InChI is InChI=1S/C19H29NO/c1-3-20-17-14-18(19(17)12-8-4-5-9-13-19)21-16-11-7-6-10-15(16)2/h6-7,10-11,17-18,20H,3-5,8-9,12-14H2,1-2H3. The summed E-state index contributed by atoms with van der Waals surface area (Å²) in [6.45, 7) is 5.44. The van der Waals surface area contributed by atoms with Crippen LogP contribution < -0.4 is 10.1 Å². The van der Waals surface area contributed by atoms with Crippen LogP contribution in [0.15, 0.2) is 24.3 Å². The smallest absolute Gasteiger partial charge is 0.122 e. The number of hydrogen-bond acceptors (Lipinski definition) is 2. The van der Waals surface area contributed by atoms with E-state index in [2.05, 4.69) is 43.4 Å². The molecule has 2 heteroatoms. The fraction of sp³-hybridized carbons (Fsp3) is 0.684. The van der Waals surface area contributed by atoms with Crippen molar-refractivity contribution in [3.63, 3.8) is 0 Å². The van der Waals surface area contributed by atoms with Crippen LogP contribution >= 0.6 is 0 Å². The zero-order valence-electron chi connectivity index (χ0n) is 13.5. The number of hydrogen-bond donors (Lipinski definition) is 1. The number of benzene rings is 1. The molecule has 1 aromatic carbocycles. The van der Waals surface area contributed by atoms with Crippen LogP contribution in [0.2, 0.25) is 0 Å². The predicted molar refractivity (Wildman–Crippen MR) is 87.8 cm³/mol. The Bertz CT molecular complexity index is 462. The number of rotatable bonds is 4. The first kappa shape index (κ1) is 14.9. The molecule has 0 amide bonds. The second-order valence-corrected chi connectivity index (χ2v) is 6.87. The summed E-state index contributed by atoms with van der Waals surface area (Å²) in [4.78, 5) is 0. The molecule has 2 aliphatic rings. The fourth-order valence-electron chi connectivity index (χ4n) is 4.35. The zero-order valence-corrected chi connectivity index (χ0v) is 13.5. The van der Waals surface area contributed by atoms with Crippen molar-refractivity contribution in [2.45, 2.75) is 70.9 Å². The molecule has 2 atom stereocenters. The minimum Gasteiger partial charge on any atom is -0.489 e. The maximum atomic E-state index is 6.47. The van der Waals surface area contributed by atoms with E-state index in [0.717, 1.165) is 12.3 Å². The van der Waals surface area contributed by atoms with Gasteiger partial charge >= 0.3 is 0 Å². The Kier molecular flexibility index (Phi) is 4.54. The summed E-state index contributed by atoms with van der Waals surface area (Å²) in [5, 5.41) is 3.72. The van der Waals surface area contributed by atoms with E-state index in [4.69, 9.17) is 4.74 Å². The average molecular weight is 287 g/mol. The topological polar surface area (TPSA) is 21.3 Å². The Morgan fingerprint density at radius 3 is 2.52 bits per heavy atom. The minimum atomic E-state index is 0.384. The van der Waals surface area contributed by atoms with Crippen molar-refractivity contribution in [1.29, 1.82) is 0 Å². The Morgan fingerprint density at radius 2 is 1.86 bits per heavy atom. The van der Waals surface area contributed by atoms with Crippen LogP contribution in [-0.4, -0.2) is 18.7 Å². The van der Waals surface area contributed by atoms with Gasteiger partial charge in [0, 0.05) is 17.9 Å². The van der Waals surface area contributed by atoms with Gasteiger partial charge < -0.3 is 10.1 Å². The highest BCUT2D eigenvalue weighted by atomic mass is 16.5. The molecule has 0 radical (unpaired) electrons. The summed E-state index contributed by atoms with van der Waals surface area (Å²) >= 11 is 0. The van der Waals surface area contributed by atoms with Gasteiger partial charge in [-0.25, -0.2) is 0 Å². The summed E-state index contributed by atoms with van der Waals surface area (Å²) < 4.78 is 6.47. The molecule has 0 saturated heterocycles. The largest absolute Gasteiger partial charge is 0.489 e. The lowest BCUT2D eigenvalue weighted by Crippen LogP contribution is -2.64. The Morgan fingerprint density at radius 1 is 1.14 bits per heavy atom. The lowest BCUT2D eigenvalue weighted by atomic mass is 9.57. The number of para-hydroxylation sites is 1. The molecular formula is C19H29NO. The van der Waals surface area contributed by atoms with Gasteiger partial charge in [-0.3, -0.25) is 0 Å². The summed E-state index contributed by atoms with van der Waals surface area (Å²) in [5.41, 5.74) is 1.64. The fourth-order valence-corrected chi connectivity index (χ4v) is 4.35. The molecule has 0 aromatic heterocycles. The molecule has 0 heterocycles. The van der Waals surface area contributed by atoms with Gasteiger partial charge in [0.2, 0.25) is 0 Å². The molecule has 1 N–H and O–H groups in total. The second-order valence-electron chi connectivity index (χ2n) is 6.87. The second kappa shape index (κ2) is 6.39. The van der Waals surface area contributed by atoms with E-state index >= 15 is 0 Å². The van der Waals surface area contributed by atoms with E-state index in [1.807, 2.05) is 0 Å². The minimum absolute atomic E-state index is 0.384. The van der Waals surface area contributed by atoms with E-state index in [1.54, 1.807) is 0 Å². The molecule has 2 saturated carbocycles. The van der Waals surface area contributed by atoms with Crippen LogP contribution in [0.25, 0.3) is 0 Å². The molecule has 3 rings (SSSR count). The first-order chi connectivity index (χ1) is 10.3. The average Bonchev–Trinajstić information content (AvgIpc) is 2.76. The van der Waals surface area contributed by atoms with Crippen molar-refractivity contribution in [2.75, 3.05) is 6.54 Å². The number of nitrogens with one attached hydrogen (secondary N) is 1. The van der Waals surface area contributed by atoms with Gasteiger partial charge in [0.25, 0.3) is 0 Å². The van der Waals surface area contributed by atoms with Gasteiger partial charge in [-0.2, -0.15) is 0 Å². The van der Waals surface area contributed by atoms with Crippen LogP contribution in [-0.2, 0) is 0 Å². The highest BCUT2D eigenvalue weighted by molar-refractivity contribution is 5.32. The molecule has 2 aliphatic carbocycles. The summed E-state index contributed by atoms with van der Waals surface area (Å²) in [6.07, 6.45) is 9.78. The van der Waals surface area contributed by atoms with Crippen LogP contribution in [0.4, 0.5) is 0 Å². The monoisotopic (exact) mass is 287 g/mol. The Hall–Kier alpha value is -1.02. The maximum absolute atomic E-state index is 6.47. The van der Waals surface area contributed by atoms with Gasteiger partial charge in [-0.15, -0.1) is 0 Å². The van der Waals surface area contributed by atoms with Crippen molar-refractivity contribution in [2.24, 2.45) is 5.41 Å². The molecule has 2 unspecified atom stereocenters. The third kappa shape index (κ3) is 2.83. The first-order valence-electron chi connectivity index (χ1n) is 8.72. The van der Waals surface area contributed by atoms with E-state index in [1.165, 1.54) is 50.5 Å².